The van der Waals surface area contributed by atoms with Crippen molar-refractivity contribution in [1.29, 1.82) is 0 Å². The summed E-state index contributed by atoms with van der Waals surface area (Å²) in [5, 5.41) is 7.04. The molecule has 0 saturated carbocycles. The van der Waals surface area contributed by atoms with Crippen molar-refractivity contribution in [1.82, 2.24) is 24.8 Å². The molecule has 156 valence electrons. The zero-order valence-corrected chi connectivity index (χ0v) is 18.7. The average Bonchev–Trinajstić information content (AvgIpc) is 3.34. The number of carbonyl (C=O) groups is 1. The second-order valence-electron chi connectivity index (χ2n) is 7.42. The second-order valence-corrected chi connectivity index (χ2v) is 9.71. The highest BCUT2D eigenvalue weighted by Crippen LogP contribution is 2.23. The maximum atomic E-state index is 12.6. The van der Waals surface area contributed by atoms with E-state index in [9.17, 15) is 4.79 Å². The molecule has 0 aliphatic carbocycles. The van der Waals surface area contributed by atoms with Crippen LogP contribution in [-0.2, 0) is 11.2 Å². The highest BCUT2D eigenvalue weighted by atomic mass is 32.1. The van der Waals surface area contributed by atoms with E-state index in [0.29, 0.717) is 5.92 Å². The van der Waals surface area contributed by atoms with Gasteiger partial charge in [0.2, 0.25) is 5.91 Å². The molecule has 1 atom stereocenters. The van der Waals surface area contributed by atoms with Crippen molar-refractivity contribution in [2.75, 3.05) is 18.4 Å². The van der Waals surface area contributed by atoms with Gasteiger partial charge >= 0.3 is 0 Å². The summed E-state index contributed by atoms with van der Waals surface area (Å²) in [6, 6.07) is 1.97. The first-order chi connectivity index (χ1) is 14.5. The molecule has 1 saturated heterocycles. The van der Waals surface area contributed by atoms with Gasteiger partial charge in [-0.15, -0.1) is 22.7 Å². The molecule has 0 spiro atoms. The van der Waals surface area contributed by atoms with E-state index in [-0.39, 0.29) is 5.91 Å². The molecule has 1 N–H and O–H groups in total. The normalized spacial score (nSPS) is 16.9. The molecule has 9 heteroatoms. The van der Waals surface area contributed by atoms with E-state index in [1.807, 2.05) is 36.4 Å². The molecule has 1 aliphatic rings. The van der Waals surface area contributed by atoms with Crippen LogP contribution in [0.5, 0.6) is 0 Å². The van der Waals surface area contributed by atoms with E-state index in [1.54, 1.807) is 41.2 Å². The van der Waals surface area contributed by atoms with E-state index in [1.165, 1.54) is 0 Å². The number of likely N-dealkylation sites (tertiary alicyclic amines) is 1. The van der Waals surface area contributed by atoms with Gasteiger partial charge in [0.05, 0.1) is 10.7 Å². The molecule has 30 heavy (non-hydrogen) atoms. The fourth-order valence-electron chi connectivity index (χ4n) is 3.55. The minimum Gasteiger partial charge on any atom is -0.339 e. The third kappa shape index (κ3) is 5.48. The highest BCUT2D eigenvalue weighted by molar-refractivity contribution is 7.15. The number of rotatable bonds is 6. The van der Waals surface area contributed by atoms with Crippen molar-refractivity contribution in [3.63, 3.8) is 0 Å². The Kier molecular flexibility index (Phi) is 6.49. The molecule has 0 aromatic carbocycles. The molecule has 3 aromatic heterocycles. The first kappa shape index (κ1) is 20.6. The average molecular weight is 441 g/mol. The third-order valence-electron chi connectivity index (χ3n) is 4.94. The number of carbonyl (C=O) groups excluding carboxylic acids is 1. The number of piperidine rings is 1. The summed E-state index contributed by atoms with van der Waals surface area (Å²) in [5.74, 6) is 1.19. The van der Waals surface area contributed by atoms with Crippen LogP contribution in [0.2, 0.25) is 0 Å². The number of hydrogen-bond acceptors (Lipinski definition) is 8. The molecule has 1 amide bonds. The summed E-state index contributed by atoms with van der Waals surface area (Å²) in [4.78, 5) is 33.1. The van der Waals surface area contributed by atoms with E-state index >= 15 is 0 Å². The molecule has 1 aliphatic heterocycles. The van der Waals surface area contributed by atoms with Crippen LogP contribution in [0.1, 0.15) is 34.1 Å². The van der Waals surface area contributed by atoms with Gasteiger partial charge in [-0.2, -0.15) is 0 Å². The zero-order valence-electron chi connectivity index (χ0n) is 17.0. The van der Waals surface area contributed by atoms with Gasteiger partial charge in [-0.3, -0.25) is 4.79 Å². The Morgan fingerprint density at radius 1 is 1.33 bits per heavy atom. The van der Waals surface area contributed by atoms with Crippen LogP contribution in [0.15, 0.2) is 30.0 Å². The number of thiazole rings is 2. The molecular formula is C21H24N6OS2. The highest BCUT2D eigenvalue weighted by Gasteiger charge is 2.23. The summed E-state index contributed by atoms with van der Waals surface area (Å²) in [6.07, 6.45) is 9.80. The van der Waals surface area contributed by atoms with Crippen LogP contribution in [0.3, 0.4) is 0 Å². The largest absolute Gasteiger partial charge is 0.339 e. The Balaban J connectivity index is 1.35. The van der Waals surface area contributed by atoms with E-state index in [0.717, 1.165) is 64.6 Å². The number of aryl methyl sites for hydroxylation is 2. The van der Waals surface area contributed by atoms with Crippen molar-refractivity contribution in [2.45, 2.75) is 33.1 Å². The van der Waals surface area contributed by atoms with Crippen LogP contribution >= 0.6 is 22.7 Å². The summed E-state index contributed by atoms with van der Waals surface area (Å²) in [5.41, 5.74) is 1.82. The number of nitrogens with one attached hydrogen (secondary N) is 1. The zero-order chi connectivity index (χ0) is 20.9. The number of amides is 1. The van der Waals surface area contributed by atoms with Gasteiger partial charge in [0.15, 0.2) is 5.13 Å². The molecule has 1 fully saturated rings. The van der Waals surface area contributed by atoms with Gasteiger partial charge in [0.25, 0.3) is 0 Å². The first-order valence-corrected chi connectivity index (χ1v) is 11.6. The monoisotopic (exact) mass is 440 g/mol. The summed E-state index contributed by atoms with van der Waals surface area (Å²) in [6.45, 7) is 5.54. The second kappa shape index (κ2) is 9.44. The Hall–Kier alpha value is -2.65. The van der Waals surface area contributed by atoms with Crippen molar-refractivity contribution in [2.24, 2.45) is 5.92 Å². The molecule has 4 rings (SSSR count). The van der Waals surface area contributed by atoms with Crippen molar-refractivity contribution < 1.29 is 4.79 Å². The smallest absolute Gasteiger partial charge is 0.246 e. The van der Waals surface area contributed by atoms with Gasteiger partial charge in [0, 0.05) is 47.4 Å². The SMILES string of the molecule is Cc1cnc(Nc2cc(C[C@@H]3CCCN(C(=O)/C=C/c4csc(C)n4)C3)ncn2)s1. The lowest BCUT2D eigenvalue weighted by atomic mass is 9.93. The van der Waals surface area contributed by atoms with Gasteiger partial charge in [-0.05, 0) is 45.1 Å². The lowest BCUT2D eigenvalue weighted by Gasteiger charge is -2.32. The molecule has 4 heterocycles. The van der Waals surface area contributed by atoms with Crippen LogP contribution in [0.4, 0.5) is 10.9 Å². The lowest BCUT2D eigenvalue weighted by molar-refractivity contribution is -0.127. The number of aromatic nitrogens is 4. The van der Waals surface area contributed by atoms with Crippen LogP contribution in [0.25, 0.3) is 6.08 Å². The maximum absolute atomic E-state index is 12.6. The number of anilines is 2. The molecule has 3 aromatic rings. The standard InChI is InChI=1S/C21H24N6OS2/c1-14-10-22-21(30-14)26-19-9-18(23-13-24-19)8-16-4-3-7-27(11-16)20(28)6-5-17-12-29-15(2)25-17/h5-6,9-10,12-13,16H,3-4,7-8,11H2,1-2H3,(H,22,23,24,26)/b6-5+/t16-/m0/s1. The maximum Gasteiger partial charge on any atom is 0.246 e. The molecule has 7 nitrogen and oxygen atoms in total. The van der Waals surface area contributed by atoms with E-state index in [2.05, 4.69) is 25.3 Å². The molecule has 0 unspecified atom stereocenters. The quantitative estimate of drug-likeness (QED) is 0.577. The minimum atomic E-state index is 0.0505. The van der Waals surface area contributed by atoms with Crippen molar-refractivity contribution >= 4 is 45.6 Å². The fourth-order valence-corrected chi connectivity index (χ4v) is 4.80. The Morgan fingerprint density at radius 3 is 3.00 bits per heavy atom. The topological polar surface area (TPSA) is 83.9 Å². The fraction of sp³-hybridized carbons (Fsp3) is 0.381. The van der Waals surface area contributed by atoms with Gasteiger partial charge in [-0.25, -0.2) is 19.9 Å². The van der Waals surface area contributed by atoms with Crippen molar-refractivity contribution in [3.8, 4) is 0 Å². The third-order valence-corrected chi connectivity index (χ3v) is 6.56. The summed E-state index contributed by atoms with van der Waals surface area (Å²) in [7, 11) is 0. The Labute approximate surface area is 183 Å². The number of hydrogen-bond donors (Lipinski definition) is 1. The minimum absolute atomic E-state index is 0.0505. The summed E-state index contributed by atoms with van der Waals surface area (Å²) >= 11 is 3.18. The molecule has 0 bridgehead atoms. The van der Waals surface area contributed by atoms with Gasteiger partial charge in [0.1, 0.15) is 12.1 Å². The van der Waals surface area contributed by atoms with Gasteiger partial charge < -0.3 is 10.2 Å². The Bertz CT molecular complexity index is 1040. The van der Waals surface area contributed by atoms with E-state index in [4.69, 9.17) is 0 Å². The van der Waals surface area contributed by atoms with Crippen LogP contribution in [-0.4, -0.2) is 43.8 Å². The Morgan fingerprint density at radius 2 is 2.23 bits per heavy atom. The molecule has 0 radical (unpaired) electrons. The van der Waals surface area contributed by atoms with Crippen molar-refractivity contribution in [3.05, 3.63) is 51.3 Å². The number of nitrogens with zero attached hydrogens (tertiary/aromatic N) is 5. The van der Waals surface area contributed by atoms with Crippen LogP contribution in [0, 0.1) is 19.8 Å². The van der Waals surface area contributed by atoms with Crippen LogP contribution < -0.4 is 5.32 Å². The molecular weight excluding hydrogens is 416 g/mol. The summed E-state index contributed by atoms with van der Waals surface area (Å²) < 4.78 is 0. The first-order valence-electron chi connectivity index (χ1n) is 9.94. The predicted octanol–water partition coefficient (Wildman–Crippen LogP) is 4.24. The van der Waals surface area contributed by atoms with E-state index < -0.39 is 0 Å². The lowest BCUT2D eigenvalue weighted by Crippen LogP contribution is -2.39. The predicted molar refractivity (Wildman–Crippen MR) is 121 cm³/mol. The van der Waals surface area contributed by atoms with Gasteiger partial charge in [-0.1, -0.05) is 0 Å².